The lowest BCUT2D eigenvalue weighted by Gasteiger charge is -2.18. The highest BCUT2D eigenvalue weighted by atomic mass is 35.5. The first kappa shape index (κ1) is 21.0. The summed E-state index contributed by atoms with van der Waals surface area (Å²) < 4.78 is 10.6. The maximum absolute atomic E-state index is 13.3. The Labute approximate surface area is 179 Å². The Balaban J connectivity index is 2.17. The van der Waals surface area contributed by atoms with E-state index in [0.717, 1.165) is 0 Å². The van der Waals surface area contributed by atoms with Gasteiger partial charge in [0.2, 0.25) is 0 Å². The predicted octanol–water partition coefficient (Wildman–Crippen LogP) is 5.27. The third-order valence-corrected chi connectivity index (χ3v) is 4.85. The second-order valence-corrected chi connectivity index (χ2v) is 7.12. The molecule has 0 N–H and O–H groups in total. The molecule has 29 heavy (non-hydrogen) atoms. The van der Waals surface area contributed by atoms with Gasteiger partial charge in [0.25, 0.3) is 5.91 Å². The SMILES string of the molecule is CCOc1ccccc1C=C1C(=O)N(c2cc(Cl)cc(Cl)c2)C(C)=C1C(=O)OC. The molecule has 0 saturated carbocycles. The summed E-state index contributed by atoms with van der Waals surface area (Å²) in [6.45, 7) is 4.02. The Morgan fingerprint density at radius 2 is 1.79 bits per heavy atom. The van der Waals surface area contributed by atoms with Crippen molar-refractivity contribution in [3.8, 4) is 5.75 Å². The van der Waals surface area contributed by atoms with Gasteiger partial charge in [-0.2, -0.15) is 0 Å². The van der Waals surface area contributed by atoms with E-state index in [2.05, 4.69) is 0 Å². The topological polar surface area (TPSA) is 55.8 Å². The largest absolute Gasteiger partial charge is 0.493 e. The lowest BCUT2D eigenvalue weighted by molar-refractivity contribution is -0.136. The van der Waals surface area contributed by atoms with Crippen molar-refractivity contribution in [3.63, 3.8) is 0 Å². The molecule has 150 valence electrons. The van der Waals surface area contributed by atoms with E-state index in [-0.39, 0.29) is 17.1 Å². The zero-order chi connectivity index (χ0) is 21.1. The lowest BCUT2D eigenvalue weighted by Crippen LogP contribution is -2.24. The number of esters is 1. The first-order valence-electron chi connectivity index (χ1n) is 8.91. The molecule has 0 spiro atoms. The summed E-state index contributed by atoms with van der Waals surface area (Å²) in [6, 6.07) is 12.1. The summed E-state index contributed by atoms with van der Waals surface area (Å²) in [5, 5.41) is 0.763. The number of carbonyl (C=O) groups is 2. The number of amides is 1. The number of para-hydroxylation sites is 1. The van der Waals surface area contributed by atoms with Gasteiger partial charge in [-0.15, -0.1) is 0 Å². The van der Waals surface area contributed by atoms with Crippen molar-refractivity contribution < 1.29 is 19.1 Å². The number of nitrogens with zero attached hydrogens (tertiary/aromatic N) is 1. The van der Waals surface area contributed by atoms with Gasteiger partial charge in [0.1, 0.15) is 5.75 Å². The van der Waals surface area contributed by atoms with Crippen LogP contribution in [0, 0.1) is 0 Å². The van der Waals surface area contributed by atoms with Crippen molar-refractivity contribution in [2.45, 2.75) is 13.8 Å². The molecule has 2 aromatic carbocycles. The van der Waals surface area contributed by atoms with Gasteiger partial charge in [-0.3, -0.25) is 9.69 Å². The summed E-state index contributed by atoms with van der Waals surface area (Å²) >= 11 is 12.2. The molecule has 1 aliphatic rings. The van der Waals surface area contributed by atoms with Crippen molar-refractivity contribution >= 4 is 46.8 Å². The Bertz CT molecular complexity index is 1020. The minimum atomic E-state index is -0.605. The molecule has 7 heteroatoms. The first-order chi connectivity index (χ1) is 13.9. The van der Waals surface area contributed by atoms with Gasteiger partial charge in [-0.1, -0.05) is 41.4 Å². The van der Waals surface area contributed by atoms with Gasteiger partial charge in [-0.25, -0.2) is 4.79 Å². The summed E-state index contributed by atoms with van der Waals surface area (Å²) in [6.07, 6.45) is 1.63. The van der Waals surface area contributed by atoms with E-state index >= 15 is 0 Å². The predicted molar refractivity (Wildman–Crippen MR) is 114 cm³/mol. The van der Waals surface area contributed by atoms with Gasteiger partial charge in [0.05, 0.1) is 30.6 Å². The third kappa shape index (κ3) is 4.16. The normalized spacial score (nSPS) is 15.3. The molecule has 5 nitrogen and oxygen atoms in total. The van der Waals surface area contributed by atoms with Crippen LogP contribution in [0.5, 0.6) is 5.75 Å². The number of allylic oxidation sites excluding steroid dienone is 1. The lowest BCUT2D eigenvalue weighted by atomic mass is 10.0. The maximum atomic E-state index is 13.3. The van der Waals surface area contributed by atoms with Crippen molar-refractivity contribution in [3.05, 3.63) is 74.9 Å². The molecule has 3 rings (SSSR count). The zero-order valence-electron chi connectivity index (χ0n) is 16.2. The average Bonchev–Trinajstić information content (AvgIpc) is 2.92. The van der Waals surface area contributed by atoms with Crippen LogP contribution in [0.2, 0.25) is 10.0 Å². The van der Waals surface area contributed by atoms with Crippen LogP contribution < -0.4 is 9.64 Å². The highest BCUT2D eigenvalue weighted by Gasteiger charge is 2.38. The number of methoxy groups -OCH3 is 1. The number of hydrogen-bond donors (Lipinski definition) is 0. The van der Waals surface area contributed by atoms with E-state index < -0.39 is 5.97 Å². The number of carbonyl (C=O) groups excluding carboxylic acids is 2. The van der Waals surface area contributed by atoms with Gasteiger partial charge >= 0.3 is 5.97 Å². The number of rotatable bonds is 5. The van der Waals surface area contributed by atoms with E-state index in [9.17, 15) is 9.59 Å². The van der Waals surface area contributed by atoms with Crippen LogP contribution in [-0.2, 0) is 14.3 Å². The second-order valence-electron chi connectivity index (χ2n) is 6.25. The standard InChI is InChI=1S/C22H19Cl2NO4/c1-4-29-19-8-6-5-7-14(19)9-18-20(22(27)28-3)13(2)25(21(18)26)17-11-15(23)10-16(24)12-17/h5-12H,4H2,1-3H3. The Hall–Kier alpha value is -2.76. The average molecular weight is 432 g/mol. The number of hydrogen-bond acceptors (Lipinski definition) is 4. The monoisotopic (exact) mass is 431 g/mol. The number of benzene rings is 2. The minimum absolute atomic E-state index is 0.180. The molecule has 0 aliphatic carbocycles. The van der Waals surface area contributed by atoms with Crippen LogP contribution >= 0.6 is 23.2 Å². The molecule has 1 aliphatic heterocycles. The molecule has 1 amide bonds. The third-order valence-electron chi connectivity index (χ3n) is 4.41. The smallest absolute Gasteiger partial charge is 0.340 e. The van der Waals surface area contributed by atoms with Gasteiger partial charge in [-0.05, 0) is 44.2 Å². The maximum Gasteiger partial charge on any atom is 0.340 e. The summed E-state index contributed by atoms with van der Waals surface area (Å²) in [5.41, 5.74) is 1.96. The number of ether oxygens (including phenoxy) is 2. The summed E-state index contributed by atoms with van der Waals surface area (Å²) in [5.74, 6) is -0.374. The van der Waals surface area contributed by atoms with E-state index in [1.165, 1.54) is 12.0 Å². The molecule has 0 radical (unpaired) electrons. The van der Waals surface area contributed by atoms with Crippen LogP contribution in [0.15, 0.2) is 59.3 Å². The van der Waals surface area contributed by atoms with Gasteiger partial charge < -0.3 is 9.47 Å². The molecule has 0 atom stereocenters. The van der Waals surface area contributed by atoms with Crippen LogP contribution in [0.25, 0.3) is 6.08 Å². The van der Waals surface area contributed by atoms with Crippen LogP contribution in [-0.4, -0.2) is 25.6 Å². The molecule has 0 fully saturated rings. The molecule has 0 unspecified atom stereocenters. The zero-order valence-corrected chi connectivity index (χ0v) is 17.7. The van der Waals surface area contributed by atoms with Crippen molar-refractivity contribution in [2.24, 2.45) is 0 Å². The fourth-order valence-electron chi connectivity index (χ4n) is 3.20. The van der Waals surface area contributed by atoms with E-state index in [0.29, 0.717) is 39.3 Å². The van der Waals surface area contributed by atoms with Crippen LogP contribution in [0.1, 0.15) is 19.4 Å². The minimum Gasteiger partial charge on any atom is -0.493 e. The quantitative estimate of drug-likeness (QED) is 0.477. The second kappa shape index (κ2) is 8.72. The Morgan fingerprint density at radius 1 is 1.14 bits per heavy atom. The van der Waals surface area contributed by atoms with Crippen LogP contribution in [0.3, 0.4) is 0 Å². The highest BCUT2D eigenvalue weighted by Crippen LogP contribution is 2.38. The van der Waals surface area contributed by atoms with Crippen molar-refractivity contribution in [1.82, 2.24) is 0 Å². The van der Waals surface area contributed by atoms with E-state index in [1.807, 2.05) is 25.1 Å². The molecule has 0 aromatic heterocycles. The molecular formula is C22H19Cl2NO4. The highest BCUT2D eigenvalue weighted by molar-refractivity contribution is 6.35. The summed E-state index contributed by atoms with van der Waals surface area (Å²) in [4.78, 5) is 27.2. The van der Waals surface area contributed by atoms with E-state index in [4.69, 9.17) is 32.7 Å². The molecule has 1 heterocycles. The number of anilines is 1. The summed E-state index contributed by atoms with van der Waals surface area (Å²) in [7, 11) is 1.28. The van der Waals surface area contributed by atoms with Gasteiger partial charge in [0, 0.05) is 21.3 Å². The van der Waals surface area contributed by atoms with Gasteiger partial charge in [0.15, 0.2) is 0 Å². The van der Waals surface area contributed by atoms with Crippen molar-refractivity contribution in [2.75, 3.05) is 18.6 Å². The fraction of sp³-hybridized carbons (Fsp3) is 0.182. The number of halogens is 2. The Kier molecular flexibility index (Phi) is 6.30. The molecule has 0 saturated heterocycles. The molecule has 2 aromatic rings. The molecule has 0 bridgehead atoms. The molecular weight excluding hydrogens is 413 g/mol. The van der Waals surface area contributed by atoms with Crippen LogP contribution in [0.4, 0.5) is 5.69 Å². The Morgan fingerprint density at radius 3 is 2.41 bits per heavy atom. The van der Waals surface area contributed by atoms with E-state index in [1.54, 1.807) is 37.3 Å². The van der Waals surface area contributed by atoms with Crippen molar-refractivity contribution in [1.29, 1.82) is 0 Å². The fourth-order valence-corrected chi connectivity index (χ4v) is 3.72. The first-order valence-corrected chi connectivity index (χ1v) is 9.66.